The Bertz CT molecular complexity index is 2380. The van der Waals surface area contributed by atoms with Crippen molar-refractivity contribution >= 4 is 67.4 Å². The predicted molar refractivity (Wildman–Crippen MR) is 160 cm³/mol. The molecule has 0 unspecified atom stereocenters. The zero-order valence-electron chi connectivity index (χ0n) is 25.5. The monoisotopic (exact) mass is 650 g/mol. The maximum absolute atomic E-state index is 13.6. The molecule has 1 aromatic carbocycles. The van der Waals surface area contributed by atoms with Crippen LogP contribution in [0.15, 0.2) is 37.5 Å². The van der Waals surface area contributed by atoms with Crippen LogP contribution in [0.5, 0.6) is 0 Å². The van der Waals surface area contributed by atoms with Gasteiger partial charge in [-0.1, -0.05) is 0 Å². The van der Waals surface area contributed by atoms with Gasteiger partial charge in [0.1, 0.15) is 18.4 Å². The van der Waals surface area contributed by atoms with E-state index < -0.39 is 83.4 Å². The average molecular weight is 651 g/mol. The molecule has 6 rings (SSSR count). The molecule has 5 heterocycles. The summed E-state index contributed by atoms with van der Waals surface area (Å²) in [5, 5.41) is -0.757. The van der Waals surface area contributed by atoms with E-state index in [9.17, 15) is 38.4 Å². The number of pyridine rings is 1. The van der Waals surface area contributed by atoms with Gasteiger partial charge in [-0.05, 0) is 12.1 Å². The van der Waals surface area contributed by atoms with Crippen molar-refractivity contribution in [3.05, 3.63) is 59.7 Å². The first-order valence-corrected chi connectivity index (χ1v) is 14.2. The molecule has 5 atom stereocenters. The minimum Gasteiger partial charge on any atom is -0.463 e. The number of nitrogens with one attached hydrogen (secondary N) is 1. The van der Waals surface area contributed by atoms with Gasteiger partial charge in [0.05, 0.1) is 27.1 Å². The molecule has 1 N–H and O–H groups in total. The number of esters is 4. The maximum Gasteiger partial charge on any atom is 0.303 e. The lowest BCUT2D eigenvalue weighted by Gasteiger charge is -2.45. The third kappa shape index (κ3) is 4.86. The van der Waals surface area contributed by atoms with Crippen LogP contribution >= 0.6 is 0 Å². The summed E-state index contributed by atoms with van der Waals surface area (Å²) in [5.74, 6) is -3.31. The predicted octanol–water partition coefficient (Wildman–Crippen LogP) is -0.265. The van der Waals surface area contributed by atoms with Crippen LogP contribution in [0.1, 0.15) is 33.9 Å². The lowest BCUT2D eigenvalue weighted by atomic mass is 9.96. The van der Waals surface area contributed by atoms with Crippen molar-refractivity contribution in [3.63, 3.8) is 0 Å². The molecule has 244 valence electrons. The number of aromatic amines is 1. The van der Waals surface area contributed by atoms with Crippen LogP contribution < -0.4 is 22.2 Å². The first-order valence-electron chi connectivity index (χ1n) is 14.2. The molecule has 17 heteroatoms. The third-order valence-corrected chi connectivity index (χ3v) is 7.94. The van der Waals surface area contributed by atoms with Gasteiger partial charge in [-0.15, -0.1) is 0 Å². The Morgan fingerprint density at radius 2 is 1.36 bits per heavy atom. The minimum absolute atomic E-state index is 0.0425. The van der Waals surface area contributed by atoms with Crippen molar-refractivity contribution < 1.29 is 42.9 Å². The summed E-state index contributed by atoms with van der Waals surface area (Å²) in [6, 6.07) is 3.10. The molecule has 0 aliphatic carbocycles. The molecule has 1 fully saturated rings. The number of nitrogens with zero attached hydrogens (tertiary/aromatic N) is 3. The van der Waals surface area contributed by atoms with Crippen molar-refractivity contribution in [2.24, 2.45) is 7.05 Å². The zero-order chi connectivity index (χ0) is 34.1. The van der Waals surface area contributed by atoms with E-state index >= 15 is 0 Å². The van der Waals surface area contributed by atoms with Crippen molar-refractivity contribution in [1.29, 1.82) is 0 Å². The normalized spacial score (nSPS) is 21.3. The molecule has 0 bridgehead atoms. The van der Waals surface area contributed by atoms with Crippen LogP contribution in [0.4, 0.5) is 0 Å². The van der Waals surface area contributed by atoms with Crippen LogP contribution in [-0.2, 0) is 49.9 Å². The van der Waals surface area contributed by atoms with Gasteiger partial charge in [0, 0.05) is 51.7 Å². The van der Waals surface area contributed by atoms with E-state index in [0.29, 0.717) is 0 Å². The van der Waals surface area contributed by atoms with Crippen molar-refractivity contribution in [3.8, 4) is 0 Å². The number of hydrogen-bond donors (Lipinski definition) is 1. The molecule has 4 aromatic heterocycles. The van der Waals surface area contributed by atoms with Crippen molar-refractivity contribution in [2.75, 3.05) is 6.61 Å². The summed E-state index contributed by atoms with van der Waals surface area (Å²) in [6.07, 6.45) is -6.27. The SMILES string of the molecule is CC(=O)OC[C@H]1O[C@@H](n2c3ncccc3c3c4c(=O)n(C)c(=O)c4c4c(=O)[nH]c(=O)c4c32)[C@H](OC(C)=O)[C@@H](OC(C)=O)[C@@H]1OC(C)=O. The molecular formula is C30H26N4O13. The highest BCUT2D eigenvalue weighted by molar-refractivity contribution is 6.31. The van der Waals surface area contributed by atoms with Crippen molar-refractivity contribution in [1.82, 2.24) is 19.1 Å². The smallest absolute Gasteiger partial charge is 0.303 e. The molecule has 17 nitrogen and oxygen atoms in total. The molecule has 0 radical (unpaired) electrons. The summed E-state index contributed by atoms with van der Waals surface area (Å²) in [6.45, 7) is 3.79. The van der Waals surface area contributed by atoms with Gasteiger partial charge in [0.15, 0.2) is 24.5 Å². The lowest BCUT2D eigenvalue weighted by Crippen LogP contribution is -2.60. The highest BCUT2D eigenvalue weighted by Crippen LogP contribution is 2.43. The number of benzene rings is 1. The zero-order valence-corrected chi connectivity index (χ0v) is 25.5. The van der Waals surface area contributed by atoms with Gasteiger partial charge in [0.2, 0.25) is 0 Å². The fourth-order valence-electron chi connectivity index (χ4n) is 6.32. The second-order valence-electron chi connectivity index (χ2n) is 11.0. The first kappa shape index (κ1) is 31.3. The van der Waals surface area contributed by atoms with E-state index in [1.165, 1.54) is 23.9 Å². The Balaban J connectivity index is 1.78. The number of hydrogen-bond acceptors (Lipinski definition) is 14. The van der Waals surface area contributed by atoms with Gasteiger partial charge in [-0.2, -0.15) is 0 Å². The summed E-state index contributed by atoms with van der Waals surface area (Å²) >= 11 is 0. The Labute approximate surface area is 261 Å². The molecule has 1 aliphatic heterocycles. The number of H-pyrrole nitrogens is 1. The number of carbonyl (C=O) groups excluding carboxylic acids is 4. The molecule has 5 aromatic rings. The quantitative estimate of drug-likeness (QED) is 0.185. The van der Waals surface area contributed by atoms with Crippen LogP contribution in [0.2, 0.25) is 0 Å². The van der Waals surface area contributed by atoms with Crippen LogP contribution in [0.3, 0.4) is 0 Å². The molecule has 0 spiro atoms. The van der Waals surface area contributed by atoms with E-state index in [4.69, 9.17) is 23.7 Å². The summed E-state index contributed by atoms with van der Waals surface area (Å²) in [4.78, 5) is 109. The lowest BCUT2D eigenvalue weighted by molar-refractivity contribution is -0.267. The van der Waals surface area contributed by atoms with E-state index in [0.717, 1.165) is 32.3 Å². The van der Waals surface area contributed by atoms with Crippen LogP contribution in [0, 0.1) is 0 Å². The molecule has 0 amide bonds. The van der Waals surface area contributed by atoms with Gasteiger partial charge >= 0.3 is 23.9 Å². The number of carbonyl (C=O) groups is 4. The summed E-state index contributed by atoms with van der Waals surface area (Å²) in [5.41, 5.74) is -3.43. The van der Waals surface area contributed by atoms with E-state index in [2.05, 4.69) is 9.97 Å². The average Bonchev–Trinajstić information content (AvgIpc) is 3.56. The Hall–Kier alpha value is -5.71. The third-order valence-electron chi connectivity index (χ3n) is 7.94. The minimum atomic E-state index is -1.63. The highest BCUT2D eigenvalue weighted by Gasteiger charge is 2.53. The molecular weight excluding hydrogens is 624 g/mol. The van der Waals surface area contributed by atoms with E-state index in [-0.39, 0.29) is 43.5 Å². The second kappa shape index (κ2) is 11.3. The Morgan fingerprint density at radius 1 is 0.787 bits per heavy atom. The number of ether oxygens (including phenoxy) is 5. The van der Waals surface area contributed by atoms with Gasteiger partial charge in [-0.25, -0.2) is 4.98 Å². The van der Waals surface area contributed by atoms with E-state index in [1.54, 1.807) is 6.07 Å². The topological polar surface area (TPSA) is 221 Å². The molecule has 47 heavy (non-hydrogen) atoms. The second-order valence-corrected chi connectivity index (χ2v) is 11.0. The van der Waals surface area contributed by atoms with Gasteiger partial charge in [0.25, 0.3) is 22.2 Å². The fourth-order valence-corrected chi connectivity index (χ4v) is 6.32. The standard InChI is InChI=1S/C30H26N4O13/c1-10(35)43-9-15-22(44-11(2)36)23(45-12(3)37)24(46-13(4)38)30(47-15)34-21-16(14-7-6-8-31-25(14)34)18-19(29(42)33(5)28(18)41)17-20(21)27(40)32-26(17)39/h6-8,15,22-24,30H,9H2,1-5H3,(H,32,39,40)/t15-,22-,23+,24-,30-/m1/s1. The molecule has 0 saturated carbocycles. The van der Waals surface area contributed by atoms with E-state index in [1.807, 2.05) is 0 Å². The van der Waals surface area contributed by atoms with Crippen molar-refractivity contribution in [2.45, 2.75) is 58.3 Å². The van der Waals surface area contributed by atoms with Crippen LogP contribution in [0.25, 0.3) is 43.5 Å². The largest absolute Gasteiger partial charge is 0.463 e. The molecule has 1 aliphatic rings. The number of fused-ring (bicyclic) bond motifs is 8. The highest BCUT2D eigenvalue weighted by atomic mass is 16.7. The number of rotatable bonds is 6. The maximum atomic E-state index is 13.6. The first-order chi connectivity index (χ1) is 22.2. The Morgan fingerprint density at radius 3 is 1.98 bits per heavy atom. The van der Waals surface area contributed by atoms with Gasteiger partial charge < -0.3 is 23.7 Å². The van der Waals surface area contributed by atoms with Crippen LogP contribution in [-0.4, -0.2) is 74.0 Å². The summed E-state index contributed by atoms with van der Waals surface area (Å²) in [7, 11) is 1.23. The fraction of sp³-hybridized carbons (Fsp3) is 0.367. The number of aromatic nitrogens is 4. The Kier molecular flexibility index (Phi) is 7.50. The molecule has 1 saturated heterocycles. The van der Waals surface area contributed by atoms with Gasteiger partial charge in [-0.3, -0.25) is 52.5 Å². The summed E-state index contributed by atoms with van der Waals surface area (Å²) < 4.78 is 30.3.